The van der Waals surface area contributed by atoms with Crippen LogP contribution in [0.4, 0.5) is 0 Å². The molecule has 152 valence electrons. The Bertz CT molecular complexity index is 457. The molecule has 0 aliphatic carbocycles. The molecule has 0 aromatic rings. The van der Waals surface area contributed by atoms with Crippen molar-refractivity contribution in [1.82, 2.24) is 6.15 Å². The highest BCUT2D eigenvalue weighted by Crippen LogP contribution is 2.38. The Labute approximate surface area is 154 Å². The van der Waals surface area contributed by atoms with Gasteiger partial charge in [-0.25, -0.2) is 9.59 Å². The summed E-state index contributed by atoms with van der Waals surface area (Å²) in [4.78, 5) is 33.5. The van der Waals surface area contributed by atoms with Crippen LogP contribution in [0.2, 0.25) is 0 Å². The Morgan fingerprint density at radius 2 is 1.31 bits per heavy atom. The van der Waals surface area contributed by atoms with Crippen LogP contribution in [0.25, 0.3) is 0 Å². The molecule has 0 bridgehead atoms. The minimum atomic E-state index is -4.38. The van der Waals surface area contributed by atoms with Gasteiger partial charge in [0.25, 0.3) is 7.82 Å². The molecule has 0 aromatic heterocycles. The number of phosphoric acid groups is 1. The monoisotopic (exact) mass is 395 g/mol. The number of hydrogen-bond donors (Lipinski definition) is 1. The summed E-state index contributed by atoms with van der Waals surface area (Å²) in [6, 6.07) is 0. The molecule has 0 saturated carbocycles. The molecule has 0 aliphatic rings. The van der Waals surface area contributed by atoms with Crippen LogP contribution in [-0.4, -0.2) is 37.4 Å². The molecule has 0 saturated heterocycles. The summed E-state index contributed by atoms with van der Waals surface area (Å²) >= 11 is 0. The lowest BCUT2D eigenvalue weighted by Gasteiger charge is -2.23. The van der Waals surface area contributed by atoms with E-state index < -0.39 is 19.8 Å². The van der Waals surface area contributed by atoms with E-state index >= 15 is 0 Å². The molecular weight excluding hydrogens is 365 g/mol. The number of hydrogen-bond acceptors (Lipinski definition) is 8. The molecule has 2 atom stereocenters. The number of rotatable bonds is 14. The molecule has 0 heterocycles. The summed E-state index contributed by atoms with van der Waals surface area (Å²) in [6.45, 7) is 9.82. The van der Waals surface area contributed by atoms with Gasteiger partial charge in [-0.05, 0) is 39.5 Å². The second-order valence-corrected chi connectivity index (χ2v) is 6.71. The van der Waals surface area contributed by atoms with Crippen molar-refractivity contribution < 1.29 is 37.6 Å². The molecule has 10 heteroatoms. The molecule has 0 aromatic carbocycles. The Balaban J connectivity index is 0. The van der Waals surface area contributed by atoms with Gasteiger partial charge < -0.3 is 29.6 Å². The van der Waals surface area contributed by atoms with Gasteiger partial charge >= 0.3 is 11.9 Å². The zero-order valence-corrected chi connectivity index (χ0v) is 16.6. The average molecular weight is 395 g/mol. The zero-order valence-electron chi connectivity index (χ0n) is 15.7. The van der Waals surface area contributed by atoms with E-state index in [2.05, 4.69) is 13.2 Å². The number of quaternary nitrogens is 1. The molecule has 0 radical (unpaired) electrons. The molecule has 0 aliphatic heterocycles. The summed E-state index contributed by atoms with van der Waals surface area (Å²) < 4.78 is 30.9. The van der Waals surface area contributed by atoms with E-state index in [1.54, 1.807) is 13.8 Å². The summed E-state index contributed by atoms with van der Waals surface area (Å²) in [7, 11) is -4.38. The number of carbonyl (C=O) groups is 2. The standard InChI is InChI=1S/C16H27O8P.H3N/c1-5-15(17)23-13(3)9-7-11-21-25(19,20)22-12-8-10-14(4)24-16(18)6-2;/h5-6,13-14H,1-2,7-12H2,3-4H3,(H,19,20);1H3. The maximum absolute atomic E-state index is 11.6. The molecule has 26 heavy (non-hydrogen) atoms. The first-order chi connectivity index (χ1) is 11.7. The van der Waals surface area contributed by atoms with Gasteiger partial charge in [0, 0.05) is 12.2 Å². The summed E-state index contributed by atoms with van der Waals surface area (Å²) in [5, 5.41) is 0. The third kappa shape index (κ3) is 14.8. The minimum absolute atomic E-state index is 0. The quantitative estimate of drug-likeness (QED) is 0.204. The topological polar surface area (TPSA) is 148 Å². The van der Waals surface area contributed by atoms with Gasteiger partial charge in [0.15, 0.2) is 0 Å². The molecule has 0 fully saturated rings. The molecular formula is C16H30NO8P. The van der Waals surface area contributed by atoms with Crippen molar-refractivity contribution in [2.75, 3.05) is 13.2 Å². The first-order valence-electron chi connectivity index (χ1n) is 7.96. The highest BCUT2D eigenvalue weighted by molar-refractivity contribution is 7.45. The van der Waals surface area contributed by atoms with E-state index in [-0.39, 0.29) is 31.6 Å². The summed E-state index contributed by atoms with van der Waals surface area (Å²) in [5.74, 6) is -1.06. The van der Waals surface area contributed by atoms with E-state index in [9.17, 15) is 19.0 Å². The fourth-order valence-electron chi connectivity index (χ4n) is 1.74. The Morgan fingerprint density at radius 1 is 0.962 bits per heavy atom. The lowest BCUT2D eigenvalue weighted by molar-refractivity contribution is -0.225. The van der Waals surface area contributed by atoms with Crippen LogP contribution < -0.4 is 11.0 Å². The lowest BCUT2D eigenvalue weighted by atomic mass is 10.2. The fourth-order valence-corrected chi connectivity index (χ4v) is 2.52. The fraction of sp³-hybridized carbons (Fsp3) is 0.625. The van der Waals surface area contributed by atoms with E-state index in [0.717, 1.165) is 12.2 Å². The van der Waals surface area contributed by atoms with Crippen LogP contribution in [0.5, 0.6) is 0 Å². The normalized spacial score (nSPS) is 14.9. The number of phosphoric ester groups is 1. The average Bonchev–Trinajstić information content (AvgIpc) is 2.55. The summed E-state index contributed by atoms with van der Waals surface area (Å²) in [5.41, 5.74) is 0. The minimum Gasteiger partial charge on any atom is -0.756 e. The van der Waals surface area contributed by atoms with Gasteiger partial charge in [0.05, 0.1) is 25.4 Å². The maximum atomic E-state index is 11.6. The summed E-state index contributed by atoms with van der Waals surface area (Å²) in [6.07, 6.45) is 3.07. The van der Waals surface area contributed by atoms with E-state index in [0.29, 0.717) is 25.7 Å². The molecule has 4 N–H and O–H groups in total. The van der Waals surface area contributed by atoms with Crippen LogP contribution in [0.1, 0.15) is 39.5 Å². The van der Waals surface area contributed by atoms with Gasteiger partial charge in [0.2, 0.25) is 0 Å². The van der Waals surface area contributed by atoms with Gasteiger partial charge in [-0.15, -0.1) is 0 Å². The number of ether oxygens (including phenoxy) is 2. The first kappa shape index (κ1) is 26.7. The van der Waals surface area contributed by atoms with Crippen molar-refractivity contribution in [2.45, 2.75) is 51.7 Å². The third-order valence-electron chi connectivity index (χ3n) is 2.98. The highest BCUT2D eigenvalue weighted by atomic mass is 31.2. The molecule has 2 unspecified atom stereocenters. The van der Waals surface area contributed by atoms with Crippen LogP contribution in [0.3, 0.4) is 0 Å². The lowest BCUT2D eigenvalue weighted by Crippen LogP contribution is -2.15. The van der Waals surface area contributed by atoms with Gasteiger partial charge in [0.1, 0.15) is 0 Å². The van der Waals surface area contributed by atoms with Gasteiger partial charge in [-0.3, -0.25) is 4.57 Å². The van der Waals surface area contributed by atoms with Crippen LogP contribution in [0, 0.1) is 0 Å². The van der Waals surface area contributed by atoms with Crippen LogP contribution in [0.15, 0.2) is 25.3 Å². The Morgan fingerprint density at radius 3 is 1.62 bits per heavy atom. The Kier molecular flexibility index (Phi) is 15.0. The predicted molar refractivity (Wildman–Crippen MR) is 95.5 cm³/mol. The maximum Gasteiger partial charge on any atom is 0.330 e. The van der Waals surface area contributed by atoms with E-state index in [1.165, 1.54) is 0 Å². The van der Waals surface area contributed by atoms with Gasteiger partial charge in [-0.1, -0.05) is 13.2 Å². The van der Waals surface area contributed by atoms with Crippen molar-refractivity contribution in [3.05, 3.63) is 25.3 Å². The van der Waals surface area contributed by atoms with Crippen molar-refractivity contribution in [2.24, 2.45) is 0 Å². The van der Waals surface area contributed by atoms with Gasteiger partial charge in [-0.2, -0.15) is 0 Å². The second kappa shape index (κ2) is 14.6. The van der Waals surface area contributed by atoms with Crippen LogP contribution >= 0.6 is 7.82 Å². The van der Waals surface area contributed by atoms with E-state index in [1.807, 2.05) is 0 Å². The number of carbonyl (C=O) groups excluding carboxylic acids is 2. The molecule has 0 spiro atoms. The predicted octanol–water partition coefficient (Wildman–Crippen LogP) is 2.66. The van der Waals surface area contributed by atoms with Crippen LogP contribution in [-0.2, 0) is 32.7 Å². The van der Waals surface area contributed by atoms with Crippen molar-refractivity contribution in [3.63, 3.8) is 0 Å². The second-order valence-electron chi connectivity index (χ2n) is 5.30. The molecule has 0 rings (SSSR count). The molecule has 9 nitrogen and oxygen atoms in total. The SMILES string of the molecule is C=CC(=O)OC(C)CCCOP(=O)([O-])OCCCC(C)OC(=O)C=C.[NH4+]. The van der Waals surface area contributed by atoms with Crippen molar-refractivity contribution >= 4 is 19.8 Å². The third-order valence-corrected chi connectivity index (χ3v) is 3.97. The van der Waals surface area contributed by atoms with Crippen molar-refractivity contribution in [1.29, 1.82) is 0 Å². The Hall–Kier alpha value is -1.51. The largest absolute Gasteiger partial charge is 0.756 e. The van der Waals surface area contributed by atoms with E-state index in [4.69, 9.17) is 18.5 Å². The van der Waals surface area contributed by atoms with Crippen molar-refractivity contribution in [3.8, 4) is 0 Å². The number of esters is 2. The zero-order chi connectivity index (χ0) is 19.3. The highest BCUT2D eigenvalue weighted by Gasteiger charge is 2.12. The molecule has 0 amide bonds. The first-order valence-corrected chi connectivity index (χ1v) is 9.42. The smallest absolute Gasteiger partial charge is 0.330 e.